The summed E-state index contributed by atoms with van der Waals surface area (Å²) in [5.41, 5.74) is 1.49. The number of halogens is 1. The molecule has 0 saturated heterocycles. The lowest BCUT2D eigenvalue weighted by Gasteiger charge is -2.29. The summed E-state index contributed by atoms with van der Waals surface area (Å²) in [6.07, 6.45) is 8.24. The van der Waals surface area contributed by atoms with Crippen molar-refractivity contribution in [3.63, 3.8) is 0 Å². The molecule has 2 fully saturated rings. The van der Waals surface area contributed by atoms with E-state index in [-0.39, 0.29) is 11.7 Å². The molecule has 0 unspecified atom stereocenters. The number of ether oxygens (including phenoxy) is 1. The highest BCUT2D eigenvalue weighted by molar-refractivity contribution is 5.99. The molecule has 0 aromatic heterocycles. The van der Waals surface area contributed by atoms with Crippen LogP contribution in [-0.4, -0.2) is 12.0 Å². The highest BCUT2D eigenvalue weighted by Crippen LogP contribution is 2.43. The first-order valence-electron chi connectivity index (χ1n) is 10.4. The zero-order chi connectivity index (χ0) is 19.6. The predicted octanol–water partition coefficient (Wildman–Crippen LogP) is 5.91. The van der Waals surface area contributed by atoms with Crippen LogP contribution in [0.2, 0.25) is 0 Å². The zero-order valence-corrected chi connectivity index (χ0v) is 16.5. The third kappa shape index (κ3) is 3.65. The van der Waals surface area contributed by atoms with E-state index in [2.05, 4.69) is 5.32 Å². The molecule has 3 nitrogen and oxygen atoms in total. The Morgan fingerprint density at radius 2 is 1.79 bits per heavy atom. The smallest absolute Gasteiger partial charge is 0.235 e. The SMILES string of the molecule is Cc1cc(NC(=O)C2(c3ccccc3F)CCCC2)ccc1OC1CCCC1. The Hall–Kier alpha value is -2.36. The van der Waals surface area contributed by atoms with E-state index in [1.807, 2.05) is 31.2 Å². The maximum atomic E-state index is 14.5. The first-order chi connectivity index (χ1) is 13.6. The topological polar surface area (TPSA) is 38.3 Å². The van der Waals surface area contributed by atoms with Gasteiger partial charge >= 0.3 is 0 Å². The number of hydrogen-bond donors (Lipinski definition) is 1. The van der Waals surface area contributed by atoms with Gasteiger partial charge in [0.15, 0.2) is 0 Å². The number of aryl methyl sites for hydroxylation is 1. The first-order valence-corrected chi connectivity index (χ1v) is 10.4. The highest BCUT2D eigenvalue weighted by Gasteiger charge is 2.44. The average molecular weight is 381 g/mol. The standard InChI is InChI=1S/C24H28FNO2/c1-17-16-18(12-13-22(17)28-19-8-2-3-9-19)26-23(27)24(14-6-7-15-24)20-10-4-5-11-21(20)25/h4-5,10-13,16,19H,2-3,6-9,14-15H2,1H3,(H,26,27). The van der Waals surface area contributed by atoms with Gasteiger partial charge in [0.1, 0.15) is 11.6 Å². The van der Waals surface area contributed by atoms with Crippen LogP contribution in [0, 0.1) is 12.7 Å². The lowest BCUT2D eigenvalue weighted by molar-refractivity contribution is -0.121. The van der Waals surface area contributed by atoms with E-state index in [4.69, 9.17) is 4.74 Å². The Morgan fingerprint density at radius 1 is 1.07 bits per heavy atom. The molecule has 0 aliphatic heterocycles. The van der Waals surface area contributed by atoms with Gasteiger partial charge in [0.05, 0.1) is 11.5 Å². The maximum Gasteiger partial charge on any atom is 0.235 e. The van der Waals surface area contributed by atoms with Crippen LogP contribution in [0.4, 0.5) is 10.1 Å². The maximum absolute atomic E-state index is 14.5. The second-order valence-corrected chi connectivity index (χ2v) is 8.23. The quantitative estimate of drug-likeness (QED) is 0.699. The van der Waals surface area contributed by atoms with E-state index in [9.17, 15) is 9.18 Å². The van der Waals surface area contributed by atoms with Crippen LogP contribution in [0.5, 0.6) is 5.75 Å². The van der Waals surface area contributed by atoms with Crippen LogP contribution < -0.4 is 10.1 Å². The van der Waals surface area contributed by atoms with Crippen molar-refractivity contribution >= 4 is 11.6 Å². The summed E-state index contributed by atoms with van der Waals surface area (Å²) < 4.78 is 20.6. The molecule has 0 heterocycles. The Morgan fingerprint density at radius 3 is 2.46 bits per heavy atom. The van der Waals surface area contributed by atoms with Crippen molar-refractivity contribution in [3.05, 3.63) is 59.4 Å². The Labute approximate surface area is 166 Å². The van der Waals surface area contributed by atoms with Crippen molar-refractivity contribution in [2.24, 2.45) is 0 Å². The fourth-order valence-corrected chi connectivity index (χ4v) is 4.74. The number of amides is 1. The molecule has 0 atom stereocenters. The molecule has 0 bridgehead atoms. The molecule has 4 heteroatoms. The fraction of sp³-hybridized carbons (Fsp3) is 0.458. The molecule has 2 aliphatic rings. The van der Waals surface area contributed by atoms with E-state index in [1.165, 1.54) is 18.9 Å². The van der Waals surface area contributed by atoms with Gasteiger partial charge in [0.25, 0.3) is 0 Å². The summed E-state index contributed by atoms with van der Waals surface area (Å²) in [5, 5.41) is 3.05. The van der Waals surface area contributed by atoms with Gasteiger partial charge in [-0.25, -0.2) is 4.39 Å². The summed E-state index contributed by atoms with van der Waals surface area (Å²) in [6, 6.07) is 12.5. The Balaban J connectivity index is 1.53. The number of carbonyl (C=O) groups is 1. The molecule has 0 spiro atoms. The number of nitrogens with one attached hydrogen (secondary N) is 1. The van der Waals surface area contributed by atoms with Crippen LogP contribution in [-0.2, 0) is 10.2 Å². The average Bonchev–Trinajstić information content (AvgIpc) is 3.37. The number of rotatable bonds is 5. The molecule has 2 aliphatic carbocycles. The van der Waals surface area contributed by atoms with Crippen molar-refractivity contribution in [1.29, 1.82) is 0 Å². The fourth-order valence-electron chi connectivity index (χ4n) is 4.74. The molecule has 2 aromatic rings. The zero-order valence-electron chi connectivity index (χ0n) is 16.5. The van der Waals surface area contributed by atoms with Gasteiger partial charge < -0.3 is 10.1 Å². The van der Waals surface area contributed by atoms with Crippen LogP contribution in [0.15, 0.2) is 42.5 Å². The summed E-state index contributed by atoms with van der Waals surface area (Å²) in [6.45, 7) is 2.00. The lowest BCUT2D eigenvalue weighted by atomic mass is 9.77. The largest absolute Gasteiger partial charge is 0.490 e. The molecule has 148 valence electrons. The van der Waals surface area contributed by atoms with Crippen LogP contribution in [0.3, 0.4) is 0 Å². The van der Waals surface area contributed by atoms with Gasteiger partial charge in [-0.3, -0.25) is 4.79 Å². The molecule has 2 saturated carbocycles. The minimum atomic E-state index is -0.779. The monoisotopic (exact) mass is 381 g/mol. The second-order valence-electron chi connectivity index (χ2n) is 8.23. The minimum Gasteiger partial charge on any atom is -0.490 e. The molecular formula is C24H28FNO2. The number of hydrogen-bond acceptors (Lipinski definition) is 2. The molecule has 1 N–H and O–H groups in total. The van der Waals surface area contributed by atoms with Gasteiger partial charge in [-0.15, -0.1) is 0 Å². The van der Waals surface area contributed by atoms with Gasteiger partial charge in [-0.2, -0.15) is 0 Å². The van der Waals surface area contributed by atoms with Crippen LogP contribution >= 0.6 is 0 Å². The molecule has 4 rings (SSSR count). The van der Waals surface area contributed by atoms with E-state index in [0.29, 0.717) is 24.5 Å². The summed E-state index contributed by atoms with van der Waals surface area (Å²) in [7, 11) is 0. The Kier molecular flexibility index (Phi) is 5.38. The van der Waals surface area contributed by atoms with E-state index >= 15 is 0 Å². The third-order valence-electron chi connectivity index (χ3n) is 6.31. The normalized spacial score (nSPS) is 18.9. The number of carbonyl (C=O) groups excluding carboxylic acids is 1. The first kappa shape index (κ1) is 19.0. The van der Waals surface area contributed by atoms with E-state index in [1.54, 1.807) is 12.1 Å². The van der Waals surface area contributed by atoms with Crippen molar-refractivity contribution < 1.29 is 13.9 Å². The molecule has 28 heavy (non-hydrogen) atoms. The van der Waals surface area contributed by atoms with Crippen molar-refractivity contribution in [3.8, 4) is 5.75 Å². The predicted molar refractivity (Wildman–Crippen MR) is 109 cm³/mol. The Bertz CT molecular complexity index is 851. The molecule has 1 amide bonds. The molecule has 0 radical (unpaired) electrons. The highest BCUT2D eigenvalue weighted by atomic mass is 19.1. The summed E-state index contributed by atoms with van der Waals surface area (Å²) >= 11 is 0. The summed E-state index contributed by atoms with van der Waals surface area (Å²) in [4.78, 5) is 13.3. The van der Waals surface area contributed by atoms with Gasteiger partial charge in [-0.1, -0.05) is 31.0 Å². The lowest BCUT2D eigenvalue weighted by Crippen LogP contribution is -2.38. The number of anilines is 1. The van der Waals surface area contributed by atoms with Crippen molar-refractivity contribution in [2.75, 3.05) is 5.32 Å². The third-order valence-corrected chi connectivity index (χ3v) is 6.31. The second kappa shape index (κ2) is 7.94. The van der Waals surface area contributed by atoms with E-state index < -0.39 is 5.41 Å². The van der Waals surface area contributed by atoms with Crippen LogP contribution in [0.1, 0.15) is 62.5 Å². The van der Waals surface area contributed by atoms with Gasteiger partial charge in [0.2, 0.25) is 5.91 Å². The van der Waals surface area contributed by atoms with Gasteiger partial charge in [-0.05, 0) is 75.3 Å². The van der Waals surface area contributed by atoms with E-state index in [0.717, 1.165) is 42.7 Å². The van der Waals surface area contributed by atoms with Gasteiger partial charge in [0, 0.05) is 11.3 Å². The van der Waals surface area contributed by atoms with Crippen molar-refractivity contribution in [1.82, 2.24) is 0 Å². The summed E-state index contributed by atoms with van der Waals surface area (Å²) in [5.74, 6) is 0.476. The van der Waals surface area contributed by atoms with Crippen LogP contribution in [0.25, 0.3) is 0 Å². The molecular weight excluding hydrogens is 353 g/mol. The molecule has 2 aromatic carbocycles. The minimum absolute atomic E-state index is 0.112. The van der Waals surface area contributed by atoms with Crippen molar-refractivity contribution in [2.45, 2.75) is 69.8 Å². The number of benzene rings is 2.